The van der Waals surface area contributed by atoms with E-state index in [9.17, 15) is 14.9 Å². The topological polar surface area (TPSA) is 65.1 Å². The second-order valence-electron chi connectivity index (χ2n) is 5.94. The molecule has 1 aromatic carbocycles. The van der Waals surface area contributed by atoms with Gasteiger partial charge in [0.2, 0.25) is 0 Å². The molecular weight excluding hydrogens is 324 g/mol. The lowest BCUT2D eigenvalue weighted by molar-refractivity contribution is -0.383. The van der Waals surface area contributed by atoms with Crippen molar-refractivity contribution in [2.24, 2.45) is 0 Å². The number of allylic oxidation sites excluding steroid dienone is 2. The van der Waals surface area contributed by atoms with Crippen molar-refractivity contribution in [2.45, 2.75) is 18.4 Å². The van der Waals surface area contributed by atoms with Gasteiger partial charge in [0.1, 0.15) is 0 Å². The summed E-state index contributed by atoms with van der Waals surface area (Å²) in [4.78, 5) is 23.9. The molecule has 0 bridgehead atoms. The Labute approximate surface area is 142 Å². The predicted molar refractivity (Wildman–Crippen MR) is 93.6 cm³/mol. The molecule has 3 aromatic rings. The number of carbonyl (C=O) groups is 1. The van der Waals surface area contributed by atoms with Gasteiger partial charge in [-0.1, -0.05) is 24.3 Å². The number of carbonyl (C=O) groups excluding carboxylic acids is 1. The Balaban J connectivity index is 1.74. The molecule has 1 saturated carbocycles. The first-order valence-electron chi connectivity index (χ1n) is 7.63. The van der Waals surface area contributed by atoms with Crippen LogP contribution in [0.5, 0.6) is 0 Å². The summed E-state index contributed by atoms with van der Waals surface area (Å²) < 4.78 is 1.94. The van der Waals surface area contributed by atoms with Crippen LogP contribution in [-0.4, -0.2) is 15.3 Å². The van der Waals surface area contributed by atoms with Gasteiger partial charge in [-0.3, -0.25) is 14.9 Å². The highest BCUT2D eigenvalue weighted by atomic mass is 32.1. The predicted octanol–water partition coefficient (Wildman–Crippen LogP) is 4.54. The van der Waals surface area contributed by atoms with Crippen LogP contribution in [0.3, 0.4) is 0 Å². The van der Waals surface area contributed by atoms with Crippen molar-refractivity contribution in [3.05, 3.63) is 75.1 Å². The molecule has 4 rings (SSSR count). The highest BCUT2D eigenvalue weighted by Crippen LogP contribution is 2.48. The Bertz CT molecular complexity index is 965. The van der Waals surface area contributed by atoms with Gasteiger partial charge in [-0.2, -0.15) is 0 Å². The van der Waals surface area contributed by atoms with E-state index >= 15 is 0 Å². The van der Waals surface area contributed by atoms with Crippen molar-refractivity contribution in [1.29, 1.82) is 0 Å². The molecule has 0 unspecified atom stereocenters. The molecule has 0 saturated heterocycles. The first-order chi connectivity index (χ1) is 11.6. The average molecular weight is 338 g/mol. The van der Waals surface area contributed by atoms with Crippen molar-refractivity contribution in [3.8, 4) is 0 Å². The van der Waals surface area contributed by atoms with Crippen LogP contribution in [0.15, 0.2) is 60.1 Å². The molecule has 0 spiro atoms. The number of nitro groups is 1. The van der Waals surface area contributed by atoms with Gasteiger partial charge in [0.05, 0.1) is 32.4 Å². The van der Waals surface area contributed by atoms with Crippen LogP contribution in [0.25, 0.3) is 10.9 Å². The van der Waals surface area contributed by atoms with E-state index in [1.54, 1.807) is 30.5 Å². The van der Waals surface area contributed by atoms with Gasteiger partial charge in [0.25, 0.3) is 5.69 Å². The van der Waals surface area contributed by atoms with E-state index in [4.69, 9.17) is 0 Å². The highest BCUT2D eigenvalue weighted by molar-refractivity contribution is 7.12. The summed E-state index contributed by atoms with van der Waals surface area (Å²) >= 11 is 1.41. The zero-order chi connectivity index (χ0) is 16.7. The van der Waals surface area contributed by atoms with E-state index in [1.165, 1.54) is 11.3 Å². The lowest BCUT2D eigenvalue weighted by Gasteiger charge is -2.13. The van der Waals surface area contributed by atoms with Crippen LogP contribution < -0.4 is 0 Å². The molecule has 1 aliphatic carbocycles. The number of aromatic nitrogens is 1. The fourth-order valence-electron chi connectivity index (χ4n) is 3.02. The van der Waals surface area contributed by atoms with E-state index in [0.29, 0.717) is 10.3 Å². The number of fused-ring (bicyclic) bond motifs is 1. The Hall–Kier alpha value is -2.73. The molecule has 120 valence electrons. The maximum absolute atomic E-state index is 12.2. The Morgan fingerprint density at radius 2 is 2.04 bits per heavy atom. The van der Waals surface area contributed by atoms with Gasteiger partial charge in [0.15, 0.2) is 5.78 Å². The number of rotatable bonds is 5. The first-order valence-corrected chi connectivity index (χ1v) is 8.51. The lowest BCUT2D eigenvalue weighted by atomic mass is 10.2. The van der Waals surface area contributed by atoms with Crippen LogP contribution in [0.2, 0.25) is 0 Å². The maximum Gasteiger partial charge on any atom is 0.294 e. The molecule has 0 aliphatic heterocycles. The van der Waals surface area contributed by atoms with Crippen LogP contribution in [0, 0.1) is 10.1 Å². The Morgan fingerprint density at radius 1 is 1.25 bits per heavy atom. The summed E-state index contributed by atoms with van der Waals surface area (Å²) in [5, 5.41) is 13.8. The Morgan fingerprint density at radius 3 is 2.71 bits per heavy atom. The van der Waals surface area contributed by atoms with Crippen molar-refractivity contribution >= 4 is 33.7 Å². The summed E-state index contributed by atoms with van der Waals surface area (Å²) in [5.74, 6) is -0.0257. The SMILES string of the molecule is O=C(/C=C/C1(n2cc([N+](=O)[O-])c3ccccc32)CC1)c1cccs1. The third-order valence-corrected chi connectivity index (χ3v) is 5.32. The van der Waals surface area contributed by atoms with Gasteiger partial charge >= 0.3 is 0 Å². The molecule has 1 aliphatic rings. The summed E-state index contributed by atoms with van der Waals surface area (Å²) in [6, 6.07) is 11.0. The number of hydrogen-bond acceptors (Lipinski definition) is 4. The monoisotopic (exact) mass is 338 g/mol. The van der Waals surface area contributed by atoms with Crippen molar-refractivity contribution in [3.63, 3.8) is 0 Å². The van der Waals surface area contributed by atoms with Gasteiger partial charge in [-0.05, 0) is 42.5 Å². The molecule has 1 fully saturated rings. The van der Waals surface area contributed by atoms with Crippen molar-refractivity contribution in [1.82, 2.24) is 4.57 Å². The van der Waals surface area contributed by atoms with Gasteiger partial charge < -0.3 is 4.57 Å². The average Bonchev–Trinajstić information content (AvgIpc) is 3.02. The number of ketones is 1. The molecule has 0 radical (unpaired) electrons. The van der Waals surface area contributed by atoms with Crippen LogP contribution in [-0.2, 0) is 5.54 Å². The highest BCUT2D eigenvalue weighted by Gasteiger charge is 2.44. The quantitative estimate of drug-likeness (QED) is 0.297. The van der Waals surface area contributed by atoms with Crippen molar-refractivity contribution < 1.29 is 9.72 Å². The molecule has 6 heteroatoms. The van der Waals surface area contributed by atoms with Crippen LogP contribution in [0.4, 0.5) is 5.69 Å². The lowest BCUT2D eigenvalue weighted by Crippen LogP contribution is -2.13. The Kier molecular flexibility index (Phi) is 3.35. The largest absolute Gasteiger partial charge is 0.331 e. The second-order valence-corrected chi connectivity index (χ2v) is 6.88. The molecule has 24 heavy (non-hydrogen) atoms. The minimum Gasteiger partial charge on any atom is -0.331 e. The molecule has 0 N–H and O–H groups in total. The van der Waals surface area contributed by atoms with E-state index in [2.05, 4.69) is 0 Å². The minimum atomic E-state index is -0.352. The van der Waals surface area contributed by atoms with E-state index in [-0.39, 0.29) is 21.9 Å². The van der Waals surface area contributed by atoms with Gasteiger partial charge in [-0.15, -0.1) is 11.3 Å². The smallest absolute Gasteiger partial charge is 0.294 e. The van der Waals surface area contributed by atoms with Crippen LogP contribution in [0.1, 0.15) is 22.5 Å². The molecular formula is C18H14N2O3S. The zero-order valence-electron chi connectivity index (χ0n) is 12.7. The number of hydrogen-bond donors (Lipinski definition) is 0. The fraction of sp³-hybridized carbons (Fsp3) is 0.167. The van der Waals surface area contributed by atoms with E-state index in [1.807, 2.05) is 34.2 Å². The van der Waals surface area contributed by atoms with Crippen molar-refractivity contribution in [2.75, 3.05) is 0 Å². The summed E-state index contributed by atoms with van der Waals surface area (Å²) in [7, 11) is 0. The second kappa shape index (κ2) is 5.42. The molecule has 5 nitrogen and oxygen atoms in total. The number of para-hydroxylation sites is 1. The minimum absolute atomic E-state index is 0.0257. The number of nitrogens with zero attached hydrogens (tertiary/aromatic N) is 2. The number of thiophene rings is 1. The number of benzene rings is 1. The summed E-state index contributed by atoms with van der Waals surface area (Å²) in [5.41, 5.74) is 0.602. The maximum atomic E-state index is 12.2. The third kappa shape index (κ3) is 2.35. The molecule has 0 atom stereocenters. The molecule has 2 heterocycles. The summed E-state index contributed by atoms with van der Waals surface area (Å²) in [6.45, 7) is 0. The third-order valence-electron chi connectivity index (χ3n) is 4.44. The molecule has 0 amide bonds. The molecule has 2 aromatic heterocycles. The zero-order valence-corrected chi connectivity index (χ0v) is 13.5. The van der Waals surface area contributed by atoms with Crippen LogP contribution >= 0.6 is 11.3 Å². The van der Waals surface area contributed by atoms with E-state index < -0.39 is 0 Å². The summed E-state index contributed by atoms with van der Waals surface area (Å²) in [6.07, 6.45) is 6.83. The normalized spacial score (nSPS) is 15.8. The van der Waals surface area contributed by atoms with Gasteiger partial charge in [-0.25, -0.2) is 0 Å². The van der Waals surface area contributed by atoms with Gasteiger partial charge in [0, 0.05) is 0 Å². The fourth-order valence-corrected chi connectivity index (χ4v) is 3.67. The first kappa shape index (κ1) is 14.8. The van der Waals surface area contributed by atoms with E-state index in [0.717, 1.165) is 18.4 Å². The standard InChI is InChI=1S/C18H14N2O3S/c21-16(17-6-3-11-24-17)7-8-18(9-10-18)19-12-15(20(22)23)13-4-1-2-5-14(13)19/h1-8,11-12H,9-10H2/b8-7+.